The van der Waals surface area contributed by atoms with E-state index in [1.807, 2.05) is 0 Å². The summed E-state index contributed by atoms with van der Waals surface area (Å²) in [4.78, 5) is 21.2. The number of para-hydroxylation sites is 1. The fourth-order valence-corrected chi connectivity index (χ4v) is 2.29. The van der Waals surface area contributed by atoms with Gasteiger partial charge in [0.15, 0.2) is 6.10 Å². The van der Waals surface area contributed by atoms with Crippen LogP contribution >= 0.6 is 0 Å². The number of nitro benzene ring substituents is 1. The lowest BCUT2D eigenvalue weighted by Crippen LogP contribution is -2.64. The molecule has 1 aromatic carbocycles. The van der Waals surface area contributed by atoms with E-state index < -0.39 is 52.3 Å². The van der Waals surface area contributed by atoms with Gasteiger partial charge in [0, 0.05) is 6.07 Å². The lowest BCUT2D eigenvalue weighted by Gasteiger charge is -2.44. The summed E-state index contributed by atoms with van der Waals surface area (Å²) < 4.78 is 4.80. The summed E-state index contributed by atoms with van der Waals surface area (Å²) >= 11 is 0. The summed E-state index contributed by atoms with van der Waals surface area (Å²) in [7, 11) is 0. The fourth-order valence-electron chi connectivity index (χ4n) is 2.29. The second-order valence-corrected chi connectivity index (χ2v) is 4.77. The third-order valence-corrected chi connectivity index (χ3v) is 3.42. The zero-order valence-electron chi connectivity index (χ0n) is 10.9. The highest BCUT2D eigenvalue weighted by Gasteiger charge is 2.57. The first kappa shape index (κ1) is 16.3. The molecule has 10 nitrogen and oxygen atoms in total. The quantitative estimate of drug-likeness (QED) is 0.322. The first-order valence-corrected chi connectivity index (χ1v) is 6.11. The third-order valence-electron chi connectivity index (χ3n) is 3.42. The molecule has 2 rings (SSSR count). The van der Waals surface area contributed by atoms with E-state index in [-0.39, 0.29) is 0 Å². The molecule has 22 heavy (non-hydrogen) atoms. The number of rotatable bonds is 3. The van der Waals surface area contributed by atoms with Crippen molar-refractivity contribution in [1.29, 1.82) is 0 Å². The van der Waals surface area contributed by atoms with Gasteiger partial charge in [0.25, 0.3) is 5.69 Å². The van der Waals surface area contributed by atoms with Crippen molar-refractivity contribution in [3.8, 4) is 0 Å². The van der Waals surface area contributed by atoms with Gasteiger partial charge >= 0.3 is 5.97 Å². The van der Waals surface area contributed by atoms with Gasteiger partial charge in [-0.25, -0.2) is 4.79 Å². The summed E-state index contributed by atoms with van der Waals surface area (Å²) in [5.74, 6) is -4.58. The molecule has 5 atom stereocenters. The normalized spacial score (nSPS) is 35.1. The third kappa shape index (κ3) is 2.42. The van der Waals surface area contributed by atoms with Crippen LogP contribution in [0.4, 0.5) is 5.69 Å². The number of carboxylic acids is 1. The summed E-state index contributed by atoms with van der Waals surface area (Å²) in [5, 5.41) is 59.6. The molecule has 0 unspecified atom stereocenters. The summed E-state index contributed by atoms with van der Waals surface area (Å²) in [6, 6.07) is 4.64. The van der Waals surface area contributed by atoms with Gasteiger partial charge in [0.2, 0.25) is 5.79 Å². The van der Waals surface area contributed by atoms with Crippen molar-refractivity contribution in [2.45, 2.75) is 30.2 Å². The van der Waals surface area contributed by atoms with Crippen LogP contribution in [0.3, 0.4) is 0 Å². The molecule has 0 bridgehead atoms. The molecule has 0 radical (unpaired) electrons. The number of benzene rings is 1. The van der Waals surface area contributed by atoms with E-state index in [0.717, 1.165) is 12.1 Å². The molecule has 1 aliphatic rings. The van der Waals surface area contributed by atoms with Gasteiger partial charge < -0.3 is 30.3 Å². The molecule has 5 N–H and O–H groups in total. The number of aliphatic carboxylic acids is 1. The molecule has 120 valence electrons. The Kier molecular flexibility index (Phi) is 4.13. The maximum absolute atomic E-state index is 11.0. The van der Waals surface area contributed by atoms with Crippen LogP contribution in [0.1, 0.15) is 5.56 Å². The smallest absolute Gasteiger partial charge is 0.335 e. The maximum atomic E-state index is 11.0. The highest BCUT2D eigenvalue weighted by molar-refractivity contribution is 5.73. The largest absolute Gasteiger partial charge is 0.479 e. The summed E-state index contributed by atoms with van der Waals surface area (Å²) in [5.41, 5.74) is -1.18. The van der Waals surface area contributed by atoms with Gasteiger partial charge in [0.1, 0.15) is 18.3 Å². The molecule has 10 heteroatoms. The molecule has 0 spiro atoms. The minimum Gasteiger partial charge on any atom is -0.479 e. The van der Waals surface area contributed by atoms with Crippen molar-refractivity contribution in [2.75, 3.05) is 0 Å². The van der Waals surface area contributed by atoms with Crippen LogP contribution in [0.25, 0.3) is 0 Å². The predicted octanol–water partition coefficient (Wildman–Crippen LogP) is -1.69. The number of carbonyl (C=O) groups is 1. The number of carboxylic acid groups (broad SMARTS) is 1. The number of nitro groups is 1. The maximum Gasteiger partial charge on any atom is 0.335 e. The molecule has 0 amide bonds. The number of hydrogen-bond acceptors (Lipinski definition) is 8. The molecular formula is C12H13NO9. The molecule has 1 aromatic rings. The Morgan fingerprint density at radius 2 is 1.82 bits per heavy atom. The van der Waals surface area contributed by atoms with Crippen LogP contribution in [0.5, 0.6) is 0 Å². The second kappa shape index (κ2) is 5.59. The minimum absolute atomic E-state index is 0.537. The van der Waals surface area contributed by atoms with Crippen LogP contribution in [0.2, 0.25) is 0 Å². The molecule has 1 aliphatic heterocycles. The number of aliphatic hydroxyl groups excluding tert-OH is 3. The van der Waals surface area contributed by atoms with Gasteiger partial charge in [-0.15, -0.1) is 0 Å². The van der Waals surface area contributed by atoms with Crippen LogP contribution in [0, 0.1) is 10.1 Å². The molecule has 1 heterocycles. The highest BCUT2D eigenvalue weighted by atomic mass is 16.7. The van der Waals surface area contributed by atoms with Gasteiger partial charge in [-0.05, 0) is 6.07 Å². The topological polar surface area (TPSA) is 171 Å². The van der Waals surface area contributed by atoms with Crippen LogP contribution in [-0.4, -0.2) is 60.8 Å². The number of ether oxygens (including phenoxy) is 1. The van der Waals surface area contributed by atoms with Crippen molar-refractivity contribution in [3.63, 3.8) is 0 Å². The Balaban J connectivity index is 2.56. The van der Waals surface area contributed by atoms with Crippen molar-refractivity contribution >= 4 is 11.7 Å². The number of nitrogens with zero attached hydrogens (tertiary/aromatic N) is 1. The number of hydrogen-bond donors (Lipinski definition) is 5. The van der Waals surface area contributed by atoms with Gasteiger partial charge in [-0.3, -0.25) is 10.1 Å². The molecular weight excluding hydrogens is 302 g/mol. The van der Waals surface area contributed by atoms with E-state index in [1.54, 1.807) is 0 Å². The Bertz CT molecular complexity index is 606. The Morgan fingerprint density at radius 1 is 1.23 bits per heavy atom. The number of aliphatic hydroxyl groups is 4. The highest BCUT2D eigenvalue weighted by Crippen LogP contribution is 2.40. The van der Waals surface area contributed by atoms with E-state index >= 15 is 0 Å². The zero-order valence-corrected chi connectivity index (χ0v) is 10.9. The van der Waals surface area contributed by atoms with E-state index in [4.69, 9.17) is 9.84 Å². The van der Waals surface area contributed by atoms with Crippen molar-refractivity contribution in [1.82, 2.24) is 0 Å². The average Bonchev–Trinajstić information content (AvgIpc) is 2.48. The second-order valence-electron chi connectivity index (χ2n) is 4.77. The standard InChI is InChI=1S/C12H13NO9/c14-7-8(15)10(16)12(19,22-9(7)11(17)18)5-3-1-2-4-6(5)13(20)21/h1-4,7-10,14-16,19H,(H,17,18)/t7-,8-,9-,10+,12+/m0/s1. The first-order chi connectivity index (χ1) is 10.2. The van der Waals surface area contributed by atoms with E-state index in [0.29, 0.717) is 0 Å². The monoisotopic (exact) mass is 315 g/mol. The van der Waals surface area contributed by atoms with Crippen LogP contribution in [0.15, 0.2) is 24.3 Å². The SMILES string of the molecule is O=C(O)[C@H]1O[C@](O)(c2ccccc2[N+](=O)[O-])[C@H](O)[C@@H](O)[C@@H]1O. The van der Waals surface area contributed by atoms with Gasteiger partial charge in [-0.2, -0.15) is 0 Å². The lowest BCUT2D eigenvalue weighted by molar-refractivity contribution is -0.395. The average molecular weight is 315 g/mol. The van der Waals surface area contributed by atoms with Crippen LogP contribution in [-0.2, 0) is 15.3 Å². The van der Waals surface area contributed by atoms with E-state index in [2.05, 4.69) is 0 Å². The van der Waals surface area contributed by atoms with E-state index in [9.17, 15) is 35.3 Å². The van der Waals surface area contributed by atoms with Gasteiger partial charge in [0.05, 0.1) is 10.5 Å². The molecule has 0 saturated carbocycles. The van der Waals surface area contributed by atoms with Crippen molar-refractivity contribution in [3.05, 3.63) is 39.9 Å². The minimum atomic E-state index is -2.87. The Labute approximate surface area is 123 Å². The summed E-state index contributed by atoms with van der Waals surface area (Å²) in [6.07, 6.45) is -8.38. The lowest BCUT2D eigenvalue weighted by atomic mass is 9.87. The van der Waals surface area contributed by atoms with Crippen molar-refractivity contribution < 1.29 is 40.0 Å². The van der Waals surface area contributed by atoms with Gasteiger partial charge in [-0.1, -0.05) is 12.1 Å². The molecule has 1 fully saturated rings. The van der Waals surface area contributed by atoms with Crippen molar-refractivity contribution in [2.24, 2.45) is 0 Å². The Morgan fingerprint density at radius 3 is 2.36 bits per heavy atom. The molecule has 1 saturated heterocycles. The van der Waals surface area contributed by atoms with E-state index in [1.165, 1.54) is 12.1 Å². The first-order valence-electron chi connectivity index (χ1n) is 6.11. The Hall–Kier alpha value is -2.11. The fraction of sp³-hybridized carbons (Fsp3) is 0.417. The van der Waals surface area contributed by atoms with Crippen LogP contribution < -0.4 is 0 Å². The molecule has 0 aliphatic carbocycles. The summed E-state index contributed by atoms with van der Waals surface area (Å²) in [6.45, 7) is 0. The predicted molar refractivity (Wildman–Crippen MR) is 67.5 cm³/mol. The zero-order chi connectivity index (χ0) is 16.7. The molecule has 0 aromatic heterocycles.